The first-order valence-corrected chi connectivity index (χ1v) is 10.2. The molecule has 0 radical (unpaired) electrons. The van der Waals surface area contributed by atoms with Crippen molar-refractivity contribution in [3.63, 3.8) is 0 Å². The van der Waals surface area contributed by atoms with E-state index in [0.29, 0.717) is 36.6 Å². The third-order valence-electron chi connectivity index (χ3n) is 4.60. The fraction of sp³-hybridized carbons (Fsp3) is 0.478. The quantitative estimate of drug-likeness (QED) is 0.652. The molecule has 0 fully saturated rings. The zero-order valence-corrected chi connectivity index (χ0v) is 17.8. The standard InChI is InChI=1S/C23H30N2O4/c1-14(2)8-16(5)12-27-18-6-7-19-17(9-18)13-28-21-11-24-22(10-20(19)21)25-23(26)29-15(3)4/h6-7,9-11,14-16H,8,12-13H2,1-5H3,(H,24,25,26). The van der Waals surface area contributed by atoms with Gasteiger partial charge in [0.2, 0.25) is 0 Å². The van der Waals surface area contributed by atoms with Crippen molar-refractivity contribution in [2.45, 2.75) is 53.8 Å². The molecule has 1 aliphatic heterocycles. The van der Waals surface area contributed by atoms with Gasteiger partial charge in [0.15, 0.2) is 0 Å². The van der Waals surface area contributed by atoms with Gasteiger partial charge in [-0.25, -0.2) is 9.78 Å². The molecular weight excluding hydrogens is 368 g/mol. The first-order chi connectivity index (χ1) is 13.8. The summed E-state index contributed by atoms with van der Waals surface area (Å²) in [5.74, 6) is 3.14. The lowest BCUT2D eigenvalue weighted by molar-refractivity contribution is 0.130. The van der Waals surface area contributed by atoms with E-state index in [-0.39, 0.29) is 6.10 Å². The second-order valence-corrected chi connectivity index (χ2v) is 8.30. The van der Waals surface area contributed by atoms with Crippen LogP contribution in [0.3, 0.4) is 0 Å². The minimum atomic E-state index is -0.524. The SMILES string of the molecule is CC(C)CC(C)COc1ccc2c(c1)COc1cnc(NC(=O)OC(C)C)cc1-2. The van der Waals surface area contributed by atoms with Crippen LogP contribution in [0.1, 0.15) is 46.6 Å². The molecule has 1 aromatic heterocycles. The molecule has 6 nitrogen and oxygen atoms in total. The summed E-state index contributed by atoms with van der Waals surface area (Å²) in [6, 6.07) is 7.85. The van der Waals surface area contributed by atoms with Crippen LogP contribution in [0, 0.1) is 11.8 Å². The maximum absolute atomic E-state index is 11.9. The summed E-state index contributed by atoms with van der Waals surface area (Å²) in [5.41, 5.74) is 2.99. The van der Waals surface area contributed by atoms with E-state index in [1.165, 1.54) is 0 Å². The number of amides is 1. The van der Waals surface area contributed by atoms with Gasteiger partial charge in [0.25, 0.3) is 0 Å². The third-order valence-corrected chi connectivity index (χ3v) is 4.60. The summed E-state index contributed by atoms with van der Waals surface area (Å²) in [4.78, 5) is 16.1. The number of ether oxygens (including phenoxy) is 3. The molecule has 1 atom stereocenters. The Morgan fingerprint density at radius 2 is 1.97 bits per heavy atom. The average Bonchev–Trinajstić information content (AvgIpc) is 2.64. The fourth-order valence-corrected chi connectivity index (χ4v) is 3.49. The highest BCUT2D eigenvalue weighted by atomic mass is 16.6. The molecule has 3 rings (SSSR count). The zero-order chi connectivity index (χ0) is 21.0. The molecule has 2 heterocycles. The molecule has 6 heteroatoms. The molecule has 0 saturated carbocycles. The van der Waals surface area contributed by atoms with Crippen LogP contribution in [0.4, 0.5) is 10.6 Å². The summed E-state index contributed by atoms with van der Waals surface area (Å²) < 4.78 is 17.0. The van der Waals surface area contributed by atoms with Gasteiger partial charge in [0.1, 0.15) is 23.9 Å². The van der Waals surface area contributed by atoms with Crippen molar-refractivity contribution in [1.82, 2.24) is 4.98 Å². The summed E-state index contributed by atoms with van der Waals surface area (Å²) in [7, 11) is 0. The normalized spacial score (nSPS) is 13.3. The minimum Gasteiger partial charge on any atom is -0.493 e. The van der Waals surface area contributed by atoms with Crippen LogP contribution in [0.15, 0.2) is 30.5 Å². The summed E-state index contributed by atoms with van der Waals surface area (Å²) in [6.45, 7) is 11.4. The summed E-state index contributed by atoms with van der Waals surface area (Å²) in [6.07, 6.45) is 2.05. The van der Waals surface area contributed by atoms with Gasteiger partial charge < -0.3 is 14.2 Å². The monoisotopic (exact) mass is 398 g/mol. The van der Waals surface area contributed by atoms with E-state index in [2.05, 4.69) is 31.1 Å². The van der Waals surface area contributed by atoms with Gasteiger partial charge in [0, 0.05) is 11.1 Å². The van der Waals surface area contributed by atoms with Crippen LogP contribution < -0.4 is 14.8 Å². The lowest BCUT2D eigenvalue weighted by Crippen LogP contribution is -2.19. The van der Waals surface area contributed by atoms with Crippen molar-refractivity contribution < 1.29 is 19.0 Å². The van der Waals surface area contributed by atoms with Crippen molar-refractivity contribution in [2.24, 2.45) is 11.8 Å². The number of hydrogen-bond acceptors (Lipinski definition) is 5. The van der Waals surface area contributed by atoms with Crippen molar-refractivity contribution in [1.29, 1.82) is 0 Å². The Kier molecular flexibility index (Phi) is 6.62. The smallest absolute Gasteiger partial charge is 0.413 e. The highest BCUT2D eigenvalue weighted by Gasteiger charge is 2.20. The molecule has 0 saturated heterocycles. The molecular formula is C23H30N2O4. The predicted molar refractivity (Wildman–Crippen MR) is 113 cm³/mol. The molecule has 2 aromatic rings. The van der Waals surface area contributed by atoms with Gasteiger partial charge in [-0.1, -0.05) is 26.8 Å². The first-order valence-electron chi connectivity index (χ1n) is 10.2. The van der Waals surface area contributed by atoms with E-state index in [1.54, 1.807) is 26.1 Å². The van der Waals surface area contributed by atoms with Crippen molar-refractivity contribution in [2.75, 3.05) is 11.9 Å². The van der Waals surface area contributed by atoms with Crippen LogP contribution >= 0.6 is 0 Å². The van der Waals surface area contributed by atoms with E-state index in [9.17, 15) is 4.79 Å². The third kappa shape index (κ3) is 5.62. The van der Waals surface area contributed by atoms with Crippen LogP contribution in [-0.2, 0) is 11.3 Å². The average molecular weight is 399 g/mol. The van der Waals surface area contributed by atoms with E-state index in [0.717, 1.165) is 28.9 Å². The van der Waals surface area contributed by atoms with Gasteiger partial charge in [0.05, 0.1) is 18.9 Å². The van der Waals surface area contributed by atoms with Crippen molar-refractivity contribution in [3.8, 4) is 22.6 Å². The minimum absolute atomic E-state index is 0.196. The molecule has 1 aliphatic rings. The number of pyridine rings is 1. The topological polar surface area (TPSA) is 69.7 Å². The molecule has 1 unspecified atom stereocenters. The number of nitrogens with one attached hydrogen (secondary N) is 1. The highest BCUT2D eigenvalue weighted by molar-refractivity contribution is 5.86. The van der Waals surface area contributed by atoms with Crippen LogP contribution in [0.25, 0.3) is 11.1 Å². The van der Waals surface area contributed by atoms with E-state index < -0.39 is 6.09 Å². The Morgan fingerprint density at radius 1 is 1.17 bits per heavy atom. The predicted octanol–water partition coefficient (Wildman–Crippen LogP) is 5.66. The number of benzene rings is 1. The zero-order valence-electron chi connectivity index (χ0n) is 17.8. The van der Waals surface area contributed by atoms with E-state index in [1.807, 2.05) is 18.2 Å². The number of nitrogens with zero attached hydrogens (tertiary/aromatic N) is 1. The maximum atomic E-state index is 11.9. The maximum Gasteiger partial charge on any atom is 0.413 e. The number of carbonyl (C=O) groups is 1. The van der Waals surface area contributed by atoms with Crippen molar-refractivity contribution >= 4 is 11.9 Å². The summed E-state index contributed by atoms with van der Waals surface area (Å²) in [5, 5.41) is 2.66. The second-order valence-electron chi connectivity index (χ2n) is 8.30. The molecule has 156 valence electrons. The van der Waals surface area contributed by atoms with Gasteiger partial charge in [-0.05, 0) is 55.9 Å². The Morgan fingerprint density at radius 3 is 2.69 bits per heavy atom. The lowest BCUT2D eigenvalue weighted by Gasteiger charge is -2.22. The second kappa shape index (κ2) is 9.16. The molecule has 0 bridgehead atoms. The molecule has 1 aromatic carbocycles. The number of hydrogen-bond donors (Lipinski definition) is 1. The number of rotatable bonds is 7. The molecule has 1 amide bonds. The summed E-state index contributed by atoms with van der Waals surface area (Å²) >= 11 is 0. The van der Waals surface area contributed by atoms with Gasteiger partial charge in [-0.15, -0.1) is 0 Å². The largest absolute Gasteiger partial charge is 0.493 e. The fourth-order valence-electron chi connectivity index (χ4n) is 3.49. The Labute approximate surface area is 172 Å². The Hall–Kier alpha value is -2.76. The van der Waals surface area contributed by atoms with Gasteiger partial charge in [-0.3, -0.25) is 5.32 Å². The van der Waals surface area contributed by atoms with Crippen LogP contribution in [-0.4, -0.2) is 23.8 Å². The Balaban J connectivity index is 1.74. The van der Waals surface area contributed by atoms with Crippen LogP contribution in [0.5, 0.6) is 11.5 Å². The molecule has 0 spiro atoms. The Bertz CT molecular complexity index is 864. The lowest BCUT2D eigenvalue weighted by atomic mass is 9.97. The molecule has 1 N–H and O–H groups in total. The number of anilines is 1. The number of aromatic nitrogens is 1. The number of carbonyl (C=O) groups excluding carboxylic acids is 1. The van der Waals surface area contributed by atoms with E-state index in [4.69, 9.17) is 14.2 Å². The first kappa shape index (κ1) is 21.0. The van der Waals surface area contributed by atoms with Gasteiger partial charge >= 0.3 is 6.09 Å². The molecule has 29 heavy (non-hydrogen) atoms. The number of fused-ring (bicyclic) bond motifs is 3. The molecule has 0 aliphatic carbocycles. The van der Waals surface area contributed by atoms with E-state index >= 15 is 0 Å². The highest BCUT2D eigenvalue weighted by Crippen LogP contribution is 2.39. The van der Waals surface area contributed by atoms with Crippen LogP contribution in [0.2, 0.25) is 0 Å². The van der Waals surface area contributed by atoms with Crippen molar-refractivity contribution in [3.05, 3.63) is 36.0 Å². The van der Waals surface area contributed by atoms with Gasteiger partial charge in [-0.2, -0.15) is 0 Å².